The molecular weight excluding hydrogens is 454 g/mol. The van der Waals surface area contributed by atoms with Gasteiger partial charge in [-0.2, -0.15) is 0 Å². The molecule has 0 saturated heterocycles. The first-order valence-corrected chi connectivity index (χ1v) is 12.5. The zero-order chi connectivity index (χ0) is 25.0. The summed E-state index contributed by atoms with van der Waals surface area (Å²) in [6.07, 6.45) is 0.688. The number of carbonyl (C=O) groups is 2. The molecule has 1 amide bonds. The number of amides is 1. The van der Waals surface area contributed by atoms with Crippen LogP contribution in [0.25, 0.3) is 0 Å². The molecule has 0 bridgehead atoms. The Bertz CT molecular complexity index is 1090. The average Bonchev–Trinajstić information content (AvgIpc) is 3.28. The Morgan fingerprint density at radius 3 is 2.50 bits per heavy atom. The number of thiazole rings is 1. The summed E-state index contributed by atoms with van der Waals surface area (Å²) < 4.78 is 5.54. The van der Waals surface area contributed by atoms with Crippen molar-refractivity contribution < 1.29 is 24.5 Å². The van der Waals surface area contributed by atoms with Gasteiger partial charge in [0, 0.05) is 6.54 Å². The second-order valence-electron chi connectivity index (χ2n) is 8.18. The SMILES string of the molecule is CCOc1cc(C2C(C(=O)c3sc(C)nc3C)=C(O)C(=O)N2CCCN(CC)CC)ccc1O. The van der Waals surface area contributed by atoms with Gasteiger partial charge in [-0.25, -0.2) is 4.98 Å². The summed E-state index contributed by atoms with van der Waals surface area (Å²) in [7, 11) is 0. The lowest BCUT2D eigenvalue weighted by molar-refractivity contribution is -0.129. The highest BCUT2D eigenvalue weighted by molar-refractivity contribution is 7.14. The molecule has 2 heterocycles. The zero-order valence-corrected chi connectivity index (χ0v) is 21.2. The van der Waals surface area contributed by atoms with E-state index in [4.69, 9.17) is 4.74 Å². The van der Waals surface area contributed by atoms with E-state index in [-0.39, 0.29) is 17.1 Å². The second-order valence-corrected chi connectivity index (χ2v) is 9.38. The first-order valence-electron chi connectivity index (χ1n) is 11.6. The van der Waals surface area contributed by atoms with Gasteiger partial charge in [-0.05, 0) is 64.5 Å². The van der Waals surface area contributed by atoms with E-state index in [1.54, 1.807) is 26.0 Å². The summed E-state index contributed by atoms with van der Waals surface area (Å²) in [4.78, 5) is 35.3. The van der Waals surface area contributed by atoms with Crippen molar-refractivity contribution in [3.8, 4) is 11.5 Å². The van der Waals surface area contributed by atoms with Crippen LogP contribution >= 0.6 is 11.3 Å². The molecule has 0 fully saturated rings. The van der Waals surface area contributed by atoms with Gasteiger partial charge in [0.1, 0.15) is 0 Å². The molecule has 0 radical (unpaired) electrons. The van der Waals surface area contributed by atoms with Crippen LogP contribution in [0.4, 0.5) is 0 Å². The van der Waals surface area contributed by atoms with Crippen molar-refractivity contribution in [3.05, 3.63) is 50.7 Å². The van der Waals surface area contributed by atoms with Crippen LogP contribution in [-0.2, 0) is 4.79 Å². The fourth-order valence-corrected chi connectivity index (χ4v) is 5.18. The summed E-state index contributed by atoms with van der Waals surface area (Å²) in [6.45, 7) is 12.9. The quantitative estimate of drug-likeness (QED) is 0.459. The number of benzene rings is 1. The van der Waals surface area contributed by atoms with Crippen LogP contribution in [0.15, 0.2) is 29.5 Å². The third kappa shape index (κ3) is 5.10. The van der Waals surface area contributed by atoms with Crippen LogP contribution in [0, 0.1) is 13.8 Å². The zero-order valence-electron chi connectivity index (χ0n) is 20.4. The molecule has 1 unspecified atom stereocenters. The largest absolute Gasteiger partial charge is 0.504 e. The van der Waals surface area contributed by atoms with E-state index in [0.29, 0.717) is 35.7 Å². The smallest absolute Gasteiger partial charge is 0.290 e. The third-order valence-electron chi connectivity index (χ3n) is 6.03. The number of phenols is 1. The van der Waals surface area contributed by atoms with Crippen LogP contribution < -0.4 is 4.74 Å². The molecule has 1 aromatic heterocycles. The molecule has 0 spiro atoms. The fourth-order valence-electron chi connectivity index (χ4n) is 4.30. The first kappa shape index (κ1) is 25.7. The van der Waals surface area contributed by atoms with Gasteiger partial charge in [-0.15, -0.1) is 11.3 Å². The van der Waals surface area contributed by atoms with E-state index in [2.05, 4.69) is 23.7 Å². The molecule has 2 N–H and O–H groups in total. The van der Waals surface area contributed by atoms with Crippen molar-refractivity contribution in [2.75, 3.05) is 32.8 Å². The van der Waals surface area contributed by atoms with Gasteiger partial charge in [0.25, 0.3) is 5.91 Å². The molecule has 1 aromatic carbocycles. The number of ether oxygens (including phenoxy) is 1. The summed E-state index contributed by atoms with van der Waals surface area (Å²) in [5.74, 6) is -1.28. The van der Waals surface area contributed by atoms with Crippen LogP contribution in [0.2, 0.25) is 0 Å². The van der Waals surface area contributed by atoms with Gasteiger partial charge in [-0.1, -0.05) is 19.9 Å². The summed E-state index contributed by atoms with van der Waals surface area (Å²) in [5, 5.41) is 21.8. The number of phenolic OH excluding ortho intramolecular Hbond substituents is 1. The molecule has 1 aliphatic heterocycles. The molecule has 184 valence electrons. The van der Waals surface area contributed by atoms with E-state index in [1.807, 2.05) is 6.92 Å². The number of aliphatic hydroxyl groups is 1. The van der Waals surface area contributed by atoms with E-state index in [9.17, 15) is 19.8 Å². The van der Waals surface area contributed by atoms with Crippen molar-refractivity contribution in [2.45, 2.75) is 47.1 Å². The Hall–Kier alpha value is -2.91. The monoisotopic (exact) mass is 487 g/mol. The molecular formula is C25H33N3O5S. The summed E-state index contributed by atoms with van der Waals surface area (Å²) >= 11 is 1.25. The summed E-state index contributed by atoms with van der Waals surface area (Å²) in [6, 6.07) is 3.98. The number of aryl methyl sites for hydroxylation is 2. The lowest BCUT2D eigenvalue weighted by Crippen LogP contribution is -2.34. The maximum absolute atomic E-state index is 13.6. The van der Waals surface area contributed by atoms with Crippen LogP contribution in [0.1, 0.15) is 59.2 Å². The van der Waals surface area contributed by atoms with Crippen LogP contribution in [-0.4, -0.2) is 69.5 Å². The molecule has 1 aliphatic rings. The number of hydrogen-bond acceptors (Lipinski definition) is 8. The molecule has 8 nitrogen and oxygen atoms in total. The molecule has 3 rings (SSSR count). The highest BCUT2D eigenvalue weighted by Gasteiger charge is 2.44. The van der Waals surface area contributed by atoms with Gasteiger partial charge in [0.2, 0.25) is 5.78 Å². The van der Waals surface area contributed by atoms with E-state index in [0.717, 1.165) is 24.6 Å². The number of rotatable bonds is 11. The number of ketones is 1. The molecule has 0 aliphatic carbocycles. The number of Topliss-reactive ketones (excluding diaryl/α,β-unsaturated/α-hetero) is 1. The third-order valence-corrected chi connectivity index (χ3v) is 7.10. The van der Waals surface area contributed by atoms with Gasteiger partial charge in [-0.3, -0.25) is 9.59 Å². The predicted molar refractivity (Wildman–Crippen MR) is 132 cm³/mol. The standard InChI is InChI=1S/C25H33N3O5S/c1-6-27(7-2)12-9-13-28-21(17-10-11-18(29)19(14-17)33-8-3)20(23(31)25(28)32)22(30)24-15(4)26-16(5)34-24/h10-11,14,21,29,31H,6-9,12-13H2,1-5H3. The lowest BCUT2D eigenvalue weighted by Gasteiger charge is -2.28. The van der Waals surface area contributed by atoms with Gasteiger partial charge in [0.15, 0.2) is 17.3 Å². The number of aliphatic hydroxyl groups excluding tert-OH is 1. The van der Waals surface area contributed by atoms with Crippen molar-refractivity contribution >= 4 is 23.0 Å². The molecule has 34 heavy (non-hydrogen) atoms. The Morgan fingerprint density at radius 1 is 1.21 bits per heavy atom. The Morgan fingerprint density at radius 2 is 1.91 bits per heavy atom. The van der Waals surface area contributed by atoms with Crippen molar-refractivity contribution in [2.24, 2.45) is 0 Å². The maximum atomic E-state index is 13.6. The first-order chi connectivity index (χ1) is 16.2. The summed E-state index contributed by atoms with van der Waals surface area (Å²) in [5.41, 5.74) is 1.19. The minimum atomic E-state index is -0.793. The number of aromatic nitrogens is 1. The van der Waals surface area contributed by atoms with Crippen LogP contribution in [0.3, 0.4) is 0 Å². The number of nitrogens with zero attached hydrogens (tertiary/aromatic N) is 3. The van der Waals surface area contributed by atoms with E-state index in [1.165, 1.54) is 22.3 Å². The van der Waals surface area contributed by atoms with Gasteiger partial charge >= 0.3 is 0 Å². The fraction of sp³-hybridized carbons (Fsp3) is 0.480. The Balaban J connectivity index is 2.04. The molecule has 0 saturated carbocycles. The Labute approximate surface area is 204 Å². The van der Waals surface area contributed by atoms with Gasteiger partial charge in [0.05, 0.1) is 33.8 Å². The van der Waals surface area contributed by atoms with Crippen LogP contribution in [0.5, 0.6) is 11.5 Å². The number of aromatic hydroxyl groups is 1. The predicted octanol–water partition coefficient (Wildman–Crippen LogP) is 4.17. The normalized spacial score (nSPS) is 16.1. The van der Waals surface area contributed by atoms with Crippen molar-refractivity contribution in [1.82, 2.24) is 14.8 Å². The van der Waals surface area contributed by atoms with Crippen molar-refractivity contribution in [3.63, 3.8) is 0 Å². The lowest BCUT2D eigenvalue weighted by atomic mass is 9.94. The average molecular weight is 488 g/mol. The minimum Gasteiger partial charge on any atom is -0.504 e. The number of carbonyl (C=O) groups excluding carboxylic acids is 2. The molecule has 2 aromatic rings. The minimum absolute atomic E-state index is 0.0296. The van der Waals surface area contributed by atoms with E-state index >= 15 is 0 Å². The molecule has 1 atom stereocenters. The topological polar surface area (TPSA) is 103 Å². The highest BCUT2D eigenvalue weighted by atomic mass is 32.1. The molecule has 9 heteroatoms. The number of hydrogen-bond donors (Lipinski definition) is 2. The second kappa shape index (κ2) is 11.0. The van der Waals surface area contributed by atoms with E-state index < -0.39 is 23.5 Å². The van der Waals surface area contributed by atoms with Crippen molar-refractivity contribution in [1.29, 1.82) is 0 Å². The highest BCUT2D eigenvalue weighted by Crippen LogP contribution is 2.42. The van der Waals surface area contributed by atoms with Gasteiger partial charge < -0.3 is 24.7 Å². The maximum Gasteiger partial charge on any atom is 0.290 e. The Kier molecular flexibility index (Phi) is 8.33.